The largest absolute Gasteiger partial charge is 0.427 e. The number of ether oxygens (including phenoxy) is 1. The molecule has 0 unspecified atom stereocenters. The zero-order valence-electron chi connectivity index (χ0n) is 10.4. The Morgan fingerprint density at radius 1 is 1.37 bits per heavy atom. The lowest BCUT2D eigenvalue weighted by Crippen LogP contribution is -2.00. The maximum absolute atomic E-state index is 11.7. The number of nitrogens with zero attached hydrogens (tertiary/aromatic N) is 1. The van der Waals surface area contributed by atoms with Crippen LogP contribution in [0.5, 0.6) is 5.75 Å². The fraction of sp³-hybridized carbons (Fsp3) is 0.154. The van der Waals surface area contributed by atoms with Crippen molar-refractivity contribution in [1.29, 1.82) is 0 Å². The van der Waals surface area contributed by atoms with Crippen molar-refractivity contribution in [2.24, 2.45) is 4.99 Å². The van der Waals surface area contributed by atoms with Crippen molar-refractivity contribution in [2.45, 2.75) is 6.92 Å². The van der Waals surface area contributed by atoms with Gasteiger partial charge in [-0.3, -0.25) is 9.59 Å². The lowest BCUT2D eigenvalue weighted by atomic mass is 10.2. The fourth-order valence-electron chi connectivity index (χ4n) is 1.43. The summed E-state index contributed by atoms with van der Waals surface area (Å²) in [6.07, 6.45) is 3.60. The second-order valence-electron chi connectivity index (χ2n) is 3.66. The van der Waals surface area contributed by atoms with Gasteiger partial charge in [-0.25, -0.2) is 4.99 Å². The lowest BCUT2D eigenvalue weighted by Gasteiger charge is -2.01. The molecule has 2 rings (SSSR count). The Hall–Kier alpha value is -1.53. The summed E-state index contributed by atoms with van der Waals surface area (Å²) in [5.74, 6) is 0.123. The molecule has 0 bridgehead atoms. The van der Waals surface area contributed by atoms with Crippen LogP contribution in [-0.4, -0.2) is 21.7 Å². The van der Waals surface area contributed by atoms with E-state index in [2.05, 4.69) is 4.99 Å². The van der Waals surface area contributed by atoms with Crippen LogP contribution in [0.25, 0.3) is 6.08 Å². The third kappa shape index (κ3) is 3.71. The zero-order chi connectivity index (χ0) is 13.8. The first-order valence-electron chi connectivity index (χ1n) is 5.43. The van der Waals surface area contributed by atoms with Gasteiger partial charge in [0.25, 0.3) is 0 Å². The molecule has 4 nitrogen and oxygen atoms in total. The number of rotatable bonds is 2. The smallest absolute Gasteiger partial charge is 0.308 e. The average molecular weight is 293 g/mol. The van der Waals surface area contributed by atoms with E-state index in [0.29, 0.717) is 11.4 Å². The molecule has 98 valence electrons. The van der Waals surface area contributed by atoms with Crippen LogP contribution in [0.3, 0.4) is 0 Å². The number of benzene rings is 1. The molecule has 1 aromatic carbocycles. The Morgan fingerprint density at radius 2 is 2.05 bits per heavy atom. The summed E-state index contributed by atoms with van der Waals surface area (Å²) in [6, 6.07) is 6.91. The first-order valence-corrected chi connectivity index (χ1v) is 7.47. The monoisotopic (exact) mass is 293 g/mol. The SMILES string of the molecule is CSC1=N/C(=C\c2ccc(OC(C)=O)cc2)C(=O)S1. The number of aliphatic imine (C=N–C) groups is 1. The second-order valence-corrected chi connectivity index (χ2v) is 5.68. The zero-order valence-corrected chi connectivity index (χ0v) is 12.0. The standard InChI is InChI=1S/C13H11NO3S2/c1-8(15)17-10-5-3-9(4-6-10)7-11-12(16)19-13(14-11)18-2/h3-7H,1-2H3/b11-7-. The Morgan fingerprint density at radius 3 is 2.58 bits per heavy atom. The highest BCUT2D eigenvalue weighted by atomic mass is 32.2. The van der Waals surface area contributed by atoms with Crippen molar-refractivity contribution in [3.8, 4) is 5.75 Å². The molecule has 0 fully saturated rings. The molecule has 0 saturated heterocycles. The van der Waals surface area contributed by atoms with E-state index in [1.807, 2.05) is 6.26 Å². The first-order chi connectivity index (χ1) is 9.08. The summed E-state index contributed by atoms with van der Waals surface area (Å²) < 4.78 is 5.69. The fourth-order valence-corrected chi connectivity index (χ4v) is 2.69. The third-order valence-electron chi connectivity index (χ3n) is 2.22. The molecule has 19 heavy (non-hydrogen) atoms. The van der Waals surface area contributed by atoms with E-state index in [0.717, 1.165) is 21.7 Å². The number of thioether (sulfide) groups is 2. The van der Waals surface area contributed by atoms with Gasteiger partial charge in [-0.1, -0.05) is 12.1 Å². The van der Waals surface area contributed by atoms with Crippen LogP contribution in [-0.2, 0) is 9.59 Å². The molecule has 0 atom stereocenters. The van der Waals surface area contributed by atoms with Crippen LogP contribution < -0.4 is 4.74 Å². The van der Waals surface area contributed by atoms with Gasteiger partial charge in [-0.05, 0) is 41.8 Å². The van der Waals surface area contributed by atoms with Crippen LogP contribution >= 0.6 is 23.5 Å². The van der Waals surface area contributed by atoms with Gasteiger partial charge in [0, 0.05) is 6.92 Å². The molecule has 1 aliphatic rings. The van der Waals surface area contributed by atoms with Crippen LogP contribution in [0.4, 0.5) is 0 Å². The van der Waals surface area contributed by atoms with Crippen LogP contribution in [0.2, 0.25) is 0 Å². The van der Waals surface area contributed by atoms with Crippen LogP contribution in [0, 0.1) is 0 Å². The topological polar surface area (TPSA) is 55.7 Å². The van der Waals surface area contributed by atoms with E-state index in [-0.39, 0.29) is 11.1 Å². The molecule has 0 aliphatic carbocycles. The summed E-state index contributed by atoms with van der Waals surface area (Å²) in [5.41, 5.74) is 1.28. The Bertz CT molecular complexity index is 576. The Labute approximate surface area is 119 Å². The molecule has 1 heterocycles. The van der Waals surface area contributed by atoms with Crippen molar-refractivity contribution in [3.63, 3.8) is 0 Å². The van der Waals surface area contributed by atoms with E-state index < -0.39 is 0 Å². The van der Waals surface area contributed by atoms with E-state index in [9.17, 15) is 9.59 Å². The van der Waals surface area contributed by atoms with Gasteiger partial charge < -0.3 is 4.74 Å². The number of carbonyl (C=O) groups excluding carboxylic acids is 2. The minimum absolute atomic E-state index is 0.0478. The van der Waals surface area contributed by atoms with E-state index in [4.69, 9.17) is 4.74 Å². The van der Waals surface area contributed by atoms with Gasteiger partial charge in [-0.15, -0.1) is 11.8 Å². The average Bonchev–Trinajstić information content (AvgIpc) is 2.72. The summed E-state index contributed by atoms with van der Waals surface area (Å²) >= 11 is 2.59. The molecular weight excluding hydrogens is 282 g/mol. The number of hydrogen-bond acceptors (Lipinski definition) is 6. The molecular formula is C13H11NO3S2. The minimum Gasteiger partial charge on any atom is -0.427 e. The predicted octanol–water partition coefficient (Wildman–Crippen LogP) is 2.95. The Balaban J connectivity index is 2.17. The molecule has 6 heteroatoms. The van der Waals surface area contributed by atoms with Gasteiger partial charge in [0.1, 0.15) is 15.8 Å². The number of carbonyl (C=O) groups is 2. The van der Waals surface area contributed by atoms with Gasteiger partial charge >= 0.3 is 5.97 Å². The number of hydrogen-bond donors (Lipinski definition) is 0. The molecule has 0 saturated carbocycles. The highest BCUT2D eigenvalue weighted by molar-refractivity contribution is 8.45. The molecule has 0 N–H and O–H groups in total. The molecule has 0 aromatic heterocycles. The summed E-state index contributed by atoms with van der Waals surface area (Å²) in [5, 5.41) is -0.0478. The summed E-state index contributed by atoms with van der Waals surface area (Å²) in [6.45, 7) is 1.35. The maximum Gasteiger partial charge on any atom is 0.308 e. The Kier molecular flexibility index (Phi) is 4.44. The van der Waals surface area contributed by atoms with Crippen molar-refractivity contribution in [1.82, 2.24) is 0 Å². The highest BCUT2D eigenvalue weighted by Gasteiger charge is 2.21. The van der Waals surface area contributed by atoms with Gasteiger partial charge in [-0.2, -0.15) is 0 Å². The quantitative estimate of drug-likeness (QED) is 0.477. The third-order valence-corrected chi connectivity index (χ3v) is 4.07. The molecule has 0 spiro atoms. The van der Waals surface area contributed by atoms with Crippen molar-refractivity contribution < 1.29 is 14.3 Å². The van der Waals surface area contributed by atoms with Crippen LogP contribution in [0.1, 0.15) is 12.5 Å². The van der Waals surface area contributed by atoms with Gasteiger partial charge in [0.2, 0.25) is 5.12 Å². The van der Waals surface area contributed by atoms with E-state index in [1.165, 1.54) is 18.7 Å². The normalized spacial score (nSPS) is 16.6. The molecule has 0 radical (unpaired) electrons. The first kappa shape index (κ1) is 13.9. The van der Waals surface area contributed by atoms with Gasteiger partial charge in [0.15, 0.2) is 0 Å². The lowest BCUT2D eigenvalue weighted by molar-refractivity contribution is -0.131. The van der Waals surface area contributed by atoms with Crippen molar-refractivity contribution in [2.75, 3.05) is 6.26 Å². The van der Waals surface area contributed by atoms with Gasteiger partial charge in [0.05, 0.1) is 0 Å². The number of esters is 1. The van der Waals surface area contributed by atoms with E-state index in [1.54, 1.807) is 30.3 Å². The molecule has 1 aliphatic heterocycles. The summed E-state index contributed by atoms with van der Waals surface area (Å²) in [7, 11) is 0. The maximum atomic E-state index is 11.7. The highest BCUT2D eigenvalue weighted by Crippen LogP contribution is 2.29. The second kappa shape index (κ2) is 6.08. The van der Waals surface area contributed by atoms with Crippen LogP contribution in [0.15, 0.2) is 35.0 Å². The molecule has 0 amide bonds. The summed E-state index contributed by atoms with van der Waals surface area (Å²) in [4.78, 5) is 26.7. The van der Waals surface area contributed by atoms with Crippen molar-refractivity contribution in [3.05, 3.63) is 35.5 Å². The van der Waals surface area contributed by atoms with Crippen molar-refractivity contribution >= 4 is 45.1 Å². The van der Waals surface area contributed by atoms with E-state index >= 15 is 0 Å². The minimum atomic E-state index is -0.359. The molecule has 1 aromatic rings. The predicted molar refractivity (Wildman–Crippen MR) is 79.3 cm³/mol.